The lowest BCUT2D eigenvalue weighted by Gasteiger charge is -2.27. The molecule has 1 fully saturated rings. The molecule has 2 aromatic carbocycles. The molecular formula is C44H60O8. The maximum atomic E-state index is 12.8. The van der Waals surface area contributed by atoms with Gasteiger partial charge in [-0.15, -0.1) is 0 Å². The molecule has 284 valence electrons. The van der Waals surface area contributed by atoms with Gasteiger partial charge in [0.2, 0.25) is 0 Å². The summed E-state index contributed by atoms with van der Waals surface area (Å²) in [6.07, 6.45) is 22.5. The predicted molar refractivity (Wildman–Crippen MR) is 204 cm³/mol. The minimum atomic E-state index is -0.484. The molecule has 0 amide bonds. The zero-order valence-electron chi connectivity index (χ0n) is 31.6. The standard InChI is InChI=1S/C44H60O8/c1-4-5-6-12-16-32-49-39-24-22-38(23-25-39)44(47)52-41-28-26-40(27-29-41)51-43(46)37-20-18-36(19-21-37)30-34-48-31-15-13-10-8-7-9-11-14-17-33-50-42(45)35(2)3/h18-21,26-29,38-39H,2,4-17,22-25,31-33H2,1,3H3. The van der Waals surface area contributed by atoms with E-state index < -0.39 is 5.97 Å². The van der Waals surface area contributed by atoms with E-state index in [0.29, 0.717) is 35.8 Å². The molecule has 1 aliphatic rings. The fourth-order valence-corrected chi connectivity index (χ4v) is 6.00. The summed E-state index contributed by atoms with van der Waals surface area (Å²) in [6.45, 7) is 9.34. The molecule has 1 aliphatic carbocycles. The number of unbranched alkanes of at least 4 members (excludes halogenated alkanes) is 12. The van der Waals surface area contributed by atoms with Crippen LogP contribution >= 0.6 is 0 Å². The Hall–Kier alpha value is -4.09. The van der Waals surface area contributed by atoms with Gasteiger partial charge in [-0.25, -0.2) is 9.59 Å². The molecule has 0 bridgehead atoms. The molecule has 2 aromatic rings. The zero-order chi connectivity index (χ0) is 37.2. The number of carbonyl (C=O) groups excluding carboxylic acids is 3. The van der Waals surface area contributed by atoms with E-state index >= 15 is 0 Å². The van der Waals surface area contributed by atoms with Gasteiger partial charge in [0.1, 0.15) is 24.2 Å². The molecule has 0 unspecified atom stereocenters. The van der Waals surface area contributed by atoms with Gasteiger partial charge in [-0.2, -0.15) is 0 Å². The predicted octanol–water partition coefficient (Wildman–Crippen LogP) is 10.3. The summed E-state index contributed by atoms with van der Waals surface area (Å²) in [5, 5.41) is 0. The Morgan fingerprint density at radius 2 is 1.21 bits per heavy atom. The van der Waals surface area contributed by atoms with Crippen molar-refractivity contribution in [2.75, 3.05) is 19.8 Å². The lowest BCUT2D eigenvalue weighted by molar-refractivity contribution is -0.141. The van der Waals surface area contributed by atoms with Gasteiger partial charge in [-0.3, -0.25) is 4.79 Å². The van der Waals surface area contributed by atoms with Crippen molar-refractivity contribution in [3.63, 3.8) is 0 Å². The first-order valence-electron chi connectivity index (χ1n) is 19.6. The van der Waals surface area contributed by atoms with Crippen LogP contribution in [0.2, 0.25) is 0 Å². The van der Waals surface area contributed by atoms with E-state index in [1.165, 1.54) is 51.4 Å². The Labute approximate surface area is 312 Å². The van der Waals surface area contributed by atoms with E-state index in [1.807, 2.05) is 0 Å². The average Bonchev–Trinajstić information content (AvgIpc) is 3.15. The normalized spacial score (nSPS) is 15.2. The molecule has 0 N–H and O–H groups in total. The molecule has 3 rings (SSSR count). The second-order valence-corrected chi connectivity index (χ2v) is 13.8. The molecule has 0 atom stereocenters. The number of hydrogen-bond donors (Lipinski definition) is 0. The van der Waals surface area contributed by atoms with Gasteiger partial charge in [0.25, 0.3) is 0 Å². The summed E-state index contributed by atoms with van der Waals surface area (Å²) in [7, 11) is 0. The highest BCUT2D eigenvalue weighted by Gasteiger charge is 2.28. The van der Waals surface area contributed by atoms with Gasteiger partial charge in [0.15, 0.2) is 0 Å². The second kappa shape index (κ2) is 25.8. The van der Waals surface area contributed by atoms with Crippen molar-refractivity contribution in [3.8, 4) is 23.5 Å². The highest BCUT2D eigenvalue weighted by molar-refractivity contribution is 5.91. The van der Waals surface area contributed by atoms with E-state index in [1.54, 1.807) is 55.5 Å². The molecule has 0 heterocycles. The number of esters is 3. The van der Waals surface area contributed by atoms with Crippen LogP contribution in [-0.4, -0.2) is 43.8 Å². The van der Waals surface area contributed by atoms with Crippen molar-refractivity contribution < 1.29 is 38.1 Å². The van der Waals surface area contributed by atoms with Crippen LogP contribution in [0.15, 0.2) is 60.7 Å². The van der Waals surface area contributed by atoms with Gasteiger partial charge < -0.3 is 23.7 Å². The van der Waals surface area contributed by atoms with Crippen molar-refractivity contribution >= 4 is 17.9 Å². The van der Waals surface area contributed by atoms with E-state index in [9.17, 15) is 14.4 Å². The smallest absolute Gasteiger partial charge is 0.343 e. The number of rotatable bonds is 24. The van der Waals surface area contributed by atoms with Gasteiger partial charge >= 0.3 is 17.9 Å². The number of carbonyl (C=O) groups is 3. The third kappa shape index (κ3) is 17.9. The fourth-order valence-electron chi connectivity index (χ4n) is 6.00. The third-order valence-electron chi connectivity index (χ3n) is 9.22. The van der Waals surface area contributed by atoms with Crippen LogP contribution in [0.25, 0.3) is 0 Å². The van der Waals surface area contributed by atoms with E-state index in [4.69, 9.17) is 23.7 Å². The highest BCUT2D eigenvalue weighted by Crippen LogP contribution is 2.29. The molecule has 0 aliphatic heterocycles. The summed E-state index contributed by atoms with van der Waals surface area (Å²) in [5.74, 6) is 2.64. The maximum absolute atomic E-state index is 12.8. The highest BCUT2D eigenvalue weighted by atomic mass is 16.5. The Morgan fingerprint density at radius 1 is 0.673 bits per heavy atom. The Balaban J connectivity index is 1.22. The Bertz CT molecular complexity index is 1390. The van der Waals surface area contributed by atoms with Crippen molar-refractivity contribution in [2.45, 2.75) is 136 Å². The number of benzene rings is 2. The van der Waals surface area contributed by atoms with Crippen LogP contribution in [0.1, 0.15) is 145 Å². The van der Waals surface area contributed by atoms with Crippen molar-refractivity contribution in [2.24, 2.45) is 5.92 Å². The minimum Gasteiger partial charge on any atom is -0.462 e. The number of ether oxygens (including phenoxy) is 5. The summed E-state index contributed by atoms with van der Waals surface area (Å²) < 4.78 is 27.8. The first-order valence-corrected chi connectivity index (χ1v) is 19.6. The van der Waals surface area contributed by atoms with Crippen LogP contribution in [0.5, 0.6) is 11.5 Å². The summed E-state index contributed by atoms with van der Waals surface area (Å²) >= 11 is 0. The summed E-state index contributed by atoms with van der Waals surface area (Å²) in [4.78, 5) is 36.8. The lowest BCUT2D eigenvalue weighted by atomic mass is 9.87. The first kappa shape index (κ1) is 42.3. The Kier molecular flexibility index (Phi) is 21.0. The van der Waals surface area contributed by atoms with Gasteiger partial charge in [-0.1, -0.05) is 84.1 Å². The maximum Gasteiger partial charge on any atom is 0.343 e. The Morgan fingerprint density at radius 3 is 1.81 bits per heavy atom. The molecule has 0 aromatic heterocycles. The van der Waals surface area contributed by atoms with E-state index in [2.05, 4.69) is 25.5 Å². The molecule has 8 heteroatoms. The van der Waals surface area contributed by atoms with Crippen LogP contribution in [0, 0.1) is 17.9 Å². The fraction of sp³-hybridized carbons (Fsp3) is 0.568. The van der Waals surface area contributed by atoms with Crippen molar-refractivity contribution in [1.29, 1.82) is 0 Å². The average molecular weight is 717 g/mol. The number of hydrogen-bond acceptors (Lipinski definition) is 8. The van der Waals surface area contributed by atoms with Crippen LogP contribution in [-0.2, 0) is 23.8 Å². The molecule has 8 nitrogen and oxygen atoms in total. The van der Waals surface area contributed by atoms with Gasteiger partial charge in [-0.05, 0) is 106 Å². The molecule has 52 heavy (non-hydrogen) atoms. The lowest BCUT2D eigenvalue weighted by Crippen LogP contribution is -2.29. The minimum absolute atomic E-state index is 0.122. The largest absolute Gasteiger partial charge is 0.462 e. The quantitative estimate of drug-likeness (QED) is 0.0348. The molecule has 0 spiro atoms. The summed E-state index contributed by atoms with van der Waals surface area (Å²) in [6, 6.07) is 13.4. The molecule has 0 saturated heterocycles. The van der Waals surface area contributed by atoms with E-state index in [0.717, 1.165) is 76.4 Å². The summed E-state index contributed by atoms with van der Waals surface area (Å²) in [5.41, 5.74) is 1.60. The SMILES string of the molecule is C=C(C)C(=O)OCCCCCCCCCCCOC#Cc1ccc(C(=O)Oc2ccc(OC(=O)C3CCC(OCCCCCCC)CC3)cc2)cc1. The van der Waals surface area contributed by atoms with Gasteiger partial charge in [0, 0.05) is 17.7 Å². The van der Waals surface area contributed by atoms with E-state index in [-0.39, 0.29) is 24.0 Å². The van der Waals surface area contributed by atoms with Crippen molar-refractivity contribution in [1.82, 2.24) is 0 Å². The van der Waals surface area contributed by atoms with Gasteiger partial charge in [0.05, 0.1) is 24.2 Å². The molecule has 0 radical (unpaired) electrons. The zero-order valence-corrected chi connectivity index (χ0v) is 31.6. The topological polar surface area (TPSA) is 97.4 Å². The van der Waals surface area contributed by atoms with Crippen LogP contribution < -0.4 is 9.47 Å². The van der Waals surface area contributed by atoms with Crippen LogP contribution in [0.3, 0.4) is 0 Å². The van der Waals surface area contributed by atoms with Crippen LogP contribution in [0.4, 0.5) is 0 Å². The second-order valence-electron chi connectivity index (χ2n) is 13.8. The third-order valence-corrected chi connectivity index (χ3v) is 9.22. The first-order chi connectivity index (χ1) is 25.4. The van der Waals surface area contributed by atoms with Crippen molar-refractivity contribution in [3.05, 3.63) is 71.8 Å². The molecular weight excluding hydrogens is 656 g/mol. The monoisotopic (exact) mass is 716 g/mol. The molecule has 1 saturated carbocycles.